The van der Waals surface area contributed by atoms with E-state index in [0.717, 1.165) is 22.4 Å². The molecule has 8 nitrogen and oxygen atoms in total. The monoisotopic (exact) mass is 396 g/mol. The quantitative estimate of drug-likeness (QED) is 0.665. The molecule has 1 unspecified atom stereocenters. The van der Waals surface area contributed by atoms with Gasteiger partial charge in [0.2, 0.25) is 11.8 Å². The number of carbonyl (C=O) groups is 1. The molecule has 0 saturated carbocycles. The molecule has 0 bridgehead atoms. The Labute approximate surface area is 168 Å². The fourth-order valence-corrected chi connectivity index (χ4v) is 3.56. The SMILES string of the molecule is COc1ccc(-c2cc3nc(C)[nH]c3c(O[C@H](C)C3CNC(=O)C3)n2)cc1OC. The molecule has 1 aliphatic heterocycles. The molecule has 4 rings (SSSR count). The van der Waals surface area contributed by atoms with Crippen molar-refractivity contribution in [3.8, 4) is 28.6 Å². The van der Waals surface area contributed by atoms with Crippen molar-refractivity contribution in [1.82, 2.24) is 20.3 Å². The highest BCUT2D eigenvalue weighted by Crippen LogP contribution is 2.34. The number of aromatic nitrogens is 3. The van der Waals surface area contributed by atoms with Gasteiger partial charge in [-0.3, -0.25) is 4.79 Å². The lowest BCUT2D eigenvalue weighted by atomic mass is 10.0. The zero-order chi connectivity index (χ0) is 20.5. The number of H-pyrrole nitrogens is 1. The Morgan fingerprint density at radius 3 is 2.62 bits per heavy atom. The Hall–Kier alpha value is -3.29. The Kier molecular flexibility index (Phi) is 5.00. The van der Waals surface area contributed by atoms with Crippen LogP contribution in [0.4, 0.5) is 0 Å². The van der Waals surface area contributed by atoms with Crippen molar-refractivity contribution in [2.75, 3.05) is 20.8 Å². The van der Waals surface area contributed by atoms with Crippen LogP contribution >= 0.6 is 0 Å². The molecule has 1 fully saturated rings. The lowest BCUT2D eigenvalue weighted by Gasteiger charge is -2.19. The van der Waals surface area contributed by atoms with Gasteiger partial charge in [-0.05, 0) is 38.1 Å². The van der Waals surface area contributed by atoms with Gasteiger partial charge in [-0.25, -0.2) is 9.97 Å². The van der Waals surface area contributed by atoms with E-state index in [1.165, 1.54) is 0 Å². The normalized spacial score (nSPS) is 17.2. The van der Waals surface area contributed by atoms with Gasteiger partial charge in [-0.1, -0.05) is 0 Å². The summed E-state index contributed by atoms with van der Waals surface area (Å²) in [4.78, 5) is 24.1. The number of nitrogens with zero attached hydrogens (tertiary/aromatic N) is 2. The maximum absolute atomic E-state index is 11.6. The first-order valence-electron chi connectivity index (χ1n) is 9.51. The molecule has 1 aliphatic rings. The first-order valence-corrected chi connectivity index (χ1v) is 9.51. The number of imidazole rings is 1. The Morgan fingerprint density at radius 1 is 1.14 bits per heavy atom. The lowest BCUT2D eigenvalue weighted by Crippen LogP contribution is -2.26. The molecule has 3 heterocycles. The number of hydrogen-bond acceptors (Lipinski definition) is 6. The molecule has 8 heteroatoms. The predicted molar refractivity (Wildman–Crippen MR) is 108 cm³/mol. The summed E-state index contributed by atoms with van der Waals surface area (Å²) < 4.78 is 16.9. The van der Waals surface area contributed by atoms with Crippen LogP contribution in [0.2, 0.25) is 0 Å². The van der Waals surface area contributed by atoms with Gasteiger partial charge in [0.05, 0.1) is 25.4 Å². The molecule has 152 valence electrons. The highest BCUT2D eigenvalue weighted by atomic mass is 16.5. The average Bonchev–Trinajstić information content (AvgIpc) is 3.32. The van der Waals surface area contributed by atoms with E-state index in [2.05, 4.69) is 15.3 Å². The van der Waals surface area contributed by atoms with Crippen molar-refractivity contribution in [2.24, 2.45) is 5.92 Å². The number of hydrogen-bond donors (Lipinski definition) is 2. The summed E-state index contributed by atoms with van der Waals surface area (Å²) in [6, 6.07) is 7.55. The van der Waals surface area contributed by atoms with Crippen LogP contribution in [0.25, 0.3) is 22.3 Å². The van der Waals surface area contributed by atoms with E-state index >= 15 is 0 Å². The third-order valence-electron chi connectivity index (χ3n) is 5.21. The van der Waals surface area contributed by atoms with Crippen LogP contribution in [0, 0.1) is 12.8 Å². The number of aryl methyl sites for hydroxylation is 1. The van der Waals surface area contributed by atoms with Crippen LogP contribution in [0.1, 0.15) is 19.2 Å². The summed E-state index contributed by atoms with van der Waals surface area (Å²) in [6.07, 6.45) is 0.288. The van der Waals surface area contributed by atoms with Crippen molar-refractivity contribution in [3.63, 3.8) is 0 Å². The average molecular weight is 396 g/mol. The standard InChI is InChI=1S/C21H24N4O4/c1-11(14-8-19(26)22-10-14)29-21-20-16(23-12(2)24-20)9-15(25-21)13-5-6-17(27-3)18(7-13)28-4/h5-7,9,11,14H,8,10H2,1-4H3,(H,22,26)(H,23,24)/t11-,14?/m1/s1. The number of amides is 1. The minimum absolute atomic E-state index is 0.0556. The molecule has 0 spiro atoms. The Bertz CT molecular complexity index is 1060. The fraction of sp³-hybridized carbons (Fsp3) is 0.381. The molecule has 0 radical (unpaired) electrons. The van der Waals surface area contributed by atoms with Crippen LogP contribution in [-0.4, -0.2) is 47.7 Å². The first-order chi connectivity index (χ1) is 14.0. The summed E-state index contributed by atoms with van der Waals surface area (Å²) in [7, 11) is 3.20. The second kappa shape index (κ2) is 7.62. The van der Waals surface area contributed by atoms with Crippen molar-refractivity contribution in [2.45, 2.75) is 26.4 Å². The largest absolute Gasteiger partial charge is 0.493 e. The number of carbonyl (C=O) groups excluding carboxylic acids is 1. The smallest absolute Gasteiger partial charge is 0.240 e. The zero-order valence-electron chi connectivity index (χ0n) is 16.9. The van der Waals surface area contributed by atoms with E-state index in [9.17, 15) is 4.79 Å². The van der Waals surface area contributed by atoms with Gasteiger partial charge in [-0.15, -0.1) is 0 Å². The number of ether oxygens (including phenoxy) is 3. The van der Waals surface area contributed by atoms with Crippen molar-refractivity contribution < 1.29 is 19.0 Å². The number of fused-ring (bicyclic) bond motifs is 1. The third kappa shape index (κ3) is 3.70. The highest BCUT2D eigenvalue weighted by molar-refractivity contribution is 5.84. The van der Waals surface area contributed by atoms with Crippen molar-refractivity contribution in [3.05, 3.63) is 30.1 Å². The molecule has 1 amide bonds. The van der Waals surface area contributed by atoms with Gasteiger partial charge in [0, 0.05) is 24.4 Å². The van der Waals surface area contributed by atoms with Crippen molar-refractivity contribution >= 4 is 16.9 Å². The summed E-state index contributed by atoms with van der Waals surface area (Å²) in [5.74, 6) is 2.68. The highest BCUT2D eigenvalue weighted by Gasteiger charge is 2.29. The van der Waals surface area contributed by atoms with Gasteiger partial charge < -0.3 is 24.5 Å². The minimum Gasteiger partial charge on any atom is -0.493 e. The molecule has 1 saturated heterocycles. The molecule has 1 aromatic carbocycles. The van der Waals surface area contributed by atoms with Crippen LogP contribution < -0.4 is 19.5 Å². The second-order valence-electron chi connectivity index (χ2n) is 7.19. The molecular formula is C21H24N4O4. The third-order valence-corrected chi connectivity index (χ3v) is 5.21. The number of benzene rings is 1. The molecule has 2 N–H and O–H groups in total. The number of methoxy groups -OCH3 is 2. The van der Waals surface area contributed by atoms with E-state index in [1.54, 1.807) is 14.2 Å². The van der Waals surface area contributed by atoms with E-state index in [0.29, 0.717) is 36.0 Å². The molecule has 2 atom stereocenters. The zero-order valence-corrected chi connectivity index (χ0v) is 16.9. The topological polar surface area (TPSA) is 98.4 Å². The fourth-order valence-electron chi connectivity index (χ4n) is 3.56. The Balaban J connectivity index is 1.73. The van der Waals surface area contributed by atoms with Gasteiger partial charge in [-0.2, -0.15) is 0 Å². The molecule has 29 heavy (non-hydrogen) atoms. The van der Waals surface area contributed by atoms with E-state index in [4.69, 9.17) is 19.2 Å². The van der Waals surface area contributed by atoms with Gasteiger partial charge in [0.1, 0.15) is 17.4 Å². The maximum atomic E-state index is 11.6. The molecule has 3 aromatic rings. The summed E-state index contributed by atoms with van der Waals surface area (Å²) in [5, 5.41) is 2.85. The predicted octanol–water partition coefficient (Wildman–Crippen LogP) is 2.85. The van der Waals surface area contributed by atoms with E-state index in [1.807, 2.05) is 38.1 Å². The number of nitrogens with one attached hydrogen (secondary N) is 2. The Morgan fingerprint density at radius 2 is 1.93 bits per heavy atom. The number of rotatable bonds is 6. The molecular weight excluding hydrogens is 372 g/mol. The second-order valence-corrected chi connectivity index (χ2v) is 7.19. The summed E-state index contributed by atoms with van der Waals surface area (Å²) in [5.41, 5.74) is 3.09. The minimum atomic E-state index is -0.172. The van der Waals surface area contributed by atoms with Gasteiger partial charge in [0.25, 0.3) is 0 Å². The van der Waals surface area contributed by atoms with Gasteiger partial charge >= 0.3 is 0 Å². The van der Waals surface area contributed by atoms with Crippen LogP contribution in [0.3, 0.4) is 0 Å². The first kappa shape index (κ1) is 19.0. The van der Waals surface area contributed by atoms with E-state index < -0.39 is 0 Å². The summed E-state index contributed by atoms with van der Waals surface area (Å²) in [6.45, 7) is 4.47. The van der Waals surface area contributed by atoms with Crippen molar-refractivity contribution in [1.29, 1.82) is 0 Å². The maximum Gasteiger partial charge on any atom is 0.240 e. The summed E-state index contributed by atoms with van der Waals surface area (Å²) >= 11 is 0. The number of aromatic amines is 1. The van der Waals surface area contributed by atoms with Gasteiger partial charge in [0.15, 0.2) is 11.5 Å². The lowest BCUT2D eigenvalue weighted by molar-refractivity contribution is -0.119. The molecule has 0 aliphatic carbocycles. The van der Waals surface area contributed by atoms with Crippen LogP contribution in [-0.2, 0) is 4.79 Å². The van der Waals surface area contributed by atoms with Crippen LogP contribution in [0.15, 0.2) is 24.3 Å². The molecule has 2 aromatic heterocycles. The van der Waals surface area contributed by atoms with Crippen LogP contribution in [0.5, 0.6) is 17.4 Å². The van der Waals surface area contributed by atoms with E-state index in [-0.39, 0.29) is 17.9 Å². The number of pyridine rings is 1.